The van der Waals surface area contributed by atoms with Gasteiger partial charge in [0.15, 0.2) is 5.58 Å². The van der Waals surface area contributed by atoms with Gasteiger partial charge in [0.2, 0.25) is 5.89 Å². The van der Waals surface area contributed by atoms with E-state index in [0.717, 1.165) is 49.8 Å². The summed E-state index contributed by atoms with van der Waals surface area (Å²) in [6.45, 7) is 0. The van der Waals surface area contributed by atoms with Crippen molar-refractivity contribution >= 4 is 49.7 Å². The zero-order valence-electron chi connectivity index (χ0n) is 26.4. The van der Waals surface area contributed by atoms with Gasteiger partial charge in [-0.1, -0.05) is 91.0 Å². The van der Waals surface area contributed by atoms with Crippen LogP contribution in [0.5, 0.6) is 0 Å². The number of hydrogen-bond donors (Lipinski definition) is 0. The molecule has 0 aliphatic rings. The van der Waals surface area contributed by atoms with Crippen LogP contribution in [0.1, 0.15) is 0 Å². The van der Waals surface area contributed by atoms with Gasteiger partial charge in [0.25, 0.3) is 0 Å². The molecule has 2 heterocycles. The number of hydrogen-bond acceptors (Lipinski definition) is 5. The SMILES string of the molecule is c1ccc(-c2ccc(-c3ccc(N(c4ccc(-c5nc6ccccc6o5)cc4)c4ccc(-c5nc6ccccc6s5)cc4)cc3)cc2)cc1. The predicted molar refractivity (Wildman–Crippen MR) is 204 cm³/mol. The molecule has 7 aromatic carbocycles. The molecule has 0 aliphatic carbocycles. The molecule has 0 saturated heterocycles. The molecular formula is C44H29N3OS. The Balaban J connectivity index is 1.06. The summed E-state index contributed by atoms with van der Waals surface area (Å²) in [5.41, 5.74) is 12.6. The smallest absolute Gasteiger partial charge is 0.227 e. The molecular weight excluding hydrogens is 619 g/mol. The highest BCUT2D eigenvalue weighted by Gasteiger charge is 2.16. The van der Waals surface area contributed by atoms with Gasteiger partial charge in [-0.15, -0.1) is 11.3 Å². The average Bonchev–Trinajstić information content (AvgIpc) is 3.82. The number of nitrogens with zero attached hydrogens (tertiary/aromatic N) is 3. The Morgan fingerprint density at radius 1 is 0.388 bits per heavy atom. The minimum atomic E-state index is 0.613. The van der Waals surface area contributed by atoms with E-state index in [-0.39, 0.29) is 0 Å². The summed E-state index contributed by atoms with van der Waals surface area (Å²) >= 11 is 1.72. The van der Waals surface area contributed by atoms with Gasteiger partial charge in [0.1, 0.15) is 10.5 Å². The molecule has 0 fully saturated rings. The third kappa shape index (κ3) is 5.67. The third-order valence-electron chi connectivity index (χ3n) is 8.78. The van der Waals surface area contributed by atoms with E-state index < -0.39 is 0 Å². The Hall–Kier alpha value is -6.30. The molecule has 0 aliphatic heterocycles. The van der Waals surface area contributed by atoms with Crippen molar-refractivity contribution in [3.8, 4) is 44.3 Å². The molecule has 9 rings (SSSR count). The molecule has 0 atom stereocenters. The van der Waals surface area contributed by atoms with E-state index in [9.17, 15) is 0 Å². The van der Waals surface area contributed by atoms with Crippen LogP contribution in [0.2, 0.25) is 0 Å². The maximum absolute atomic E-state index is 6.06. The Labute approximate surface area is 288 Å². The number of anilines is 3. The van der Waals surface area contributed by atoms with Crippen molar-refractivity contribution in [2.75, 3.05) is 4.90 Å². The Kier molecular flexibility index (Phi) is 7.30. The van der Waals surface area contributed by atoms with Crippen LogP contribution in [0.25, 0.3) is 65.6 Å². The number of para-hydroxylation sites is 3. The van der Waals surface area contributed by atoms with Crippen molar-refractivity contribution < 1.29 is 4.42 Å². The zero-order valence-corrected chi connectivity index (χ0v) is 27.2. The van der Waals surface area contributed by atoms with Crippen LogP contribution < -0.4 is 4.90 Å². The second kappa shape index (κ2) is 12.4. The summed E-state index contributed by atoms with van der Waals surface area (Å²) in [5.74, 6) is 0.613. The molecule has 9 aromatic rings. The Morgan fingerprint density at radius 2 is 0.857 bits per heavy atom. The molecule has 232 valence electrons. The summed E-state index contributed by atoms with van der Waals surface area (Å²) in [4.78, 5) is 11.9. The normalized spacial score (nSPS) is 11.3. The molecule has 0 spiro atoms. The molecule has 4 nitrogen and oxygen atoms in total. The fourth-order valence-corrected chi connectivity index (χ4v) is 7.20. The van der Waals surface area contributed by atoms with Gasteiger partial charge in [0.05, 0.1) is 10.2 Å². The summed E-state index contributed by atoms with van der Waals surface area (Å²) in [6.07, 6.45) is 0. The van der Waals surface area contributed by atoms with Crippen molar-refractivity contribution in [1.29, 1.82) is 0 Å². The fraction of sp³-hybridized carbons (Fsp3) is 0. The summed E-state index contributed by atoms with van der Waals surface area (Å²) < 4.78 is 7.25. The monoisotopic (exact) mass is 647 g/mol. The third-order valence-corrected chi connectivity index (χ3v) is 9.87. The van der Waals surface area contributed by atoms with Crippen LogP contribution in [0.4, 0.5) is 17.1 Å². The molecule has 2 aromatic heterocycles. The summed E-state index contributed by atoms with van der Waals surface area (Å²) in [5, 5.41) is 1.02. The number of aromatic nitrogens is 2. The highest BCUT2D eigenvalue weighted by molar-refractivity contribution is 7.21. The lowest BCUT2D eigenvalue weighted by Gasteiger charge is -2.26. The minimum Gasteiger partial charge on any atom is -0.436 e. The lowest BCUT2D eigenvalue weighted by atomic mass is 10.00. The largest absolute Gasteiger partial charge is 0.436 e. The Bertz CT molecular complexity index is 2330. The van der Waals surface area contributed by atoms with Crippen molar-refractivity contribution in [3.63, 3.8) is 0 Å². The van der Waals surface area contributed by atoms with Gasteiger partial charge in [0, 0.05) is 28.2 Å². The van der Waals surface area contributed by atoms with E-state index in [1.165, 1.54) is 27.0 Å². The number of rotatable bonds is 7. The number of fused-ring (bicyclic) bond motifs is 2. The van der Waals surface area contributed by atoms with Gasteiger partial charge in [-0.25, -0.2) is 9.97 Å². The van der Waals surface area contributed by atoms with Crippen molar-refractivity contribution in [2.24, 2.45) is 0 Å². The van der Waals surface area contributed by atoms with Gasteiger partial charge < -0.3 is 9.32 Å². The molecule has 5 heteroatoms. The lowest BCUT2D eigenvalue weighted by Crippen LogP contribution is -2.09. The van der Waals surface area contributed by atoms with Crippen LogP contribution in [0.15, 0.2) is 180 Å². The van der Waals surface area contributed by atoms with E-state index in [1.54, 1.807) is 11.3 Å². The van der Waals surface area contributed by atoms with Crippen molar-refractivity contribution in [2.45, 2.75) is 0 Å². The maximum atomic E-state index is 6.06. The zero-order chi connectivity index (χ0) is 32.6. The first-order valence-corrected chi connectivity index (χ1v) is 17.0. The molecule has 0 N–H and O–H groups in total. The van der Waals surface area contributed by atoms with Gasteiger partial charge in [-0.05, 0) is 107 Å². The first kappa shape index (κ1) is 28.9. The number of benzene rings is 7. The molecule has 0 amide bonds. The van der Waals surface area contributed by atoms with Gasteiger partial charge in [-0.2, -0.15) is 0 Å². The molecule has 0 radical (unpaired) electrons. The van der Waals surface area contributed by atoms with Crippen molar-refractivity contribution in [1.82, 2.24) is 9.97 Å². The minimum absolute atomic E-state index is 0.613. The van der Waals surface area contributed by atoms with E-state index in [1.807, 2.05) is 36.4 Å². The van der Waals surface area contributed by atoms with E-state index >= 15 is 0 Å². The van der Waals surface area contributed by atoms with E-state index in [0.29, 0.717) is 5.89 Å². The predicted octanol–water partition coefficient (Wildman–Crippen LogP) is 12.6. The van der Waals surface area contributed by atoms with Crippen LogP contribution in [-0.4, -0.2) is 9.97 Å². The molecule has 49 heavy (non-hydrogen) atoms. The lowest BCUT2D eigenvalue weighted by molar-refractivity contribution is 0.620. The van der Waals surface area contributed by atoms with Crippen LogP contribution in [0.3, 0.4) is 0 Å². The van der Waals surface area contributed by atoms with E-state index in [2.05, 4.69) is 144 Å². The first-order valence-electron chi connectivity index (χ1n) is 16.2. The standard InChI is InChI=1S/C44H29N3OS/c1-2-8-30(9-3-1)31-14-16-32(17-15-31)33-18-24-36(25-19-33)47(37-26-20-34(21-27-37)43-45-39-10-4-6-12-41(39)48-43)38-28-22-35(23-29-38)44-46-40-11-5-7-13-42(40)49-44/h1-29H. The van der Waals surface area contributed by atoms with Crippen LogP contribution in [-0.2, 0) is 0 Å². The van der Waals surface area contributed by atoms with Gasteiger partial charge in [-0.3, -0.25) is 0 Å². The maximum Gasteiger partial charge on any atom is 0.227 e. The average molecular weight is 648 g/mol. The highest BCUT2D eigenvalue weighted by atomic mass is 32.1. The van der Waals surface area contributed by atoms with Crippen molar-refractivity contribution in [3.05, 3.63) is 176 Å². The topological polar surface area (TPSA) is 42.2 Å². The number of thiazole rings is 1. The summed E-state index contributed by atoms with van der Waals surface area (Å²) in [6, 6.07) is 61.2. The second-order valence-electron chi connectivity index (χ2n) is 11.9. The van der Waals surface area contributed by atoms with E-state index in [4.69, 9.17) is 14.4 Å². The second-order valence-corrected chi connectivity index (χ2v) is 12.9. The fourth-order valence-electron chi connectivity index (χ4n) is 6.23. The first-order chi connectivity index (χ1) is 24.2. The molecule has 0 saturated carbocycles. The quantitative estimate of drug-likeness (QED) is 0.173. The van der Waals surface area contributed by atoms with Crippen LogP contribution in [0, 0.1) is 0 Å². The van der Waals surface area contributed by atoms with Gasteiger partial charge >= 0.3 is 0 Å². The summed E-state index contributed by atoms with van der Waals surface area (Å²) in [7, 11) is 0. The van der Waals surface area contributed by atoms with Crippen LogP contribution >= 0.6 is 11.3 Å². The number of oxazole rings is 1. The molecule has 0 bridgehead atoms. The Morgan fingerprint density at radius 3 is 1.45 bits per heavy atom. The molecule has 0 unspecified atom stereocenters. The highest BCUT2D eigenvalue weighted by Crippen LogP contribution is 2.39.